The Balaban J connectivity index is 1.91. The highest BCUT2D eigenvalue weighted by atomic mass is 16.5. The maximum Gasteiger partial charge on any atom is 0.227 e. The fraction of sp³-hybridized carbons (Fsp3) is 0.409. The van der Waals surface area contributed by atoms with Gasteiger partial charge in [0.05, 0.1) is 39.9 Å². The largest absolute Gasteiger partial charge is 0.493 e. The van der Waals surface area contributed by atoms with Crippen LogP contribution in [0.15, 0.2) is 42.5 Å². The van der Waals surface area contributed by atoms with Gasteiger partial charge in [-0.25, -0.2) is 0 Å². The van der Waals surface area contributed by atoms with Crippen LogP contribution in [0.2, 0.25) is 0 Å². The summed E-state index contributed by atoms with van der Waals surface area (Å²) < 4.78 is 16.5. The predicted molar refractivity (Wildman–Crippen MR) is 106 cm³/mol. The third-order valence-corrected chi connectivity index (χ3v) is 5.04. The molecule has 150 valence electrons. The predicted octanol–water partition coefficient (Wildman–Crippen LogP) is 2.52. The first-order chi connectivity index (χ1) is 13.6. The first-order valence-corrected chi connectivity index (χ1v) is 9.36. The molecule has 2 unspecified atom stereocenters. The van der Waals surface area contributed by atoms with Gasteiger partial charge in [0.2, 0.25) is 5.91 Å². The molecule has 6 nitrogen and oxygen atoms in total. The molecule has 1 aliphatic heterocycles. The highest BCUT2D eigenvalue weighted by Crippen LogP contribution is 2.36. The summed E-state index contributed by atoms with van der Waals surface area (Å²) in [5, 5.41) is 9.86. The van der Waals surface area contributed by atoms with Gasteiger partial charge in [0, 0.05) is 6.54 Å². The summed E-state index contributed by atoms with van der Waals surface area (Å²) in [6.45, 7) is 2.71. The number of aliphatic hydroxyl groups is 1. The number of rotatable bonds is 6. The molecule has 1 amide bonds. The fourth-order valence-corrected chi connectivity index (χ4v) is 3.70. The molecule has 2 aromatic carbocycles. The smallest absolute Gasteiger partial charge is 0.227 e. The molecule has 1 aliphatic rings. The summed E-state index contributed by atoms with van der Waals surface area (Å²) in [6.07, 6.45) is -0.183. The van der Waals surface area contributed by atoms with Crippen molar-refractivity contribution in [1.29, 1.82) is 0 Å². The Kier molecular flexibility index (Phi) is 6.54. The van der Waals surface area contributed by atoms with Crippen molar-refractivity contribution < 1.29 is 24.1 Å². The van der Waals surface area contributed by atoms with Crippen LogP contribution < -0.4 is 9.47 Å². The van der Waals surface area contributed by atoms with Gasteiger partial charge < -0.3 is 24.2 Å². The van der Waals surface area contributed by atoms with Gasteiger partial charge in [-0.3, -0.25) is 4.79 Å². The number of ether oxygens (including phenoxy) is 3. The van der Waals surface area contributed by atoms with Crippen molar-refractivity contribution >= 4 is 5.91 Å². The van der Waals surface area contributed by atoms with E-state index in [2.05, 4.69) is 0 Å². The van der Waals surface area contributed by atoms with Crippen molar-refractivity contribution in [2.75, 3.05) is 34.0 Å². The van der Waals surface area contributed by atoms with E-state index in [9.17, 15) is 9.90 Å². The van der Waals surface area contributed by atoms with E-state index in [0.29, 0.717) is 31.1 Å². The minimum atomic E-state index is -0.492. The maximum absolute atomic E-state index is 13.1. The first kappa shape index (κ1) is 20.2. The van der Waals surface area contributed by atoms with E-state index in [-0.39, 0.29) is 12.5 Å². The Labute approximate surface area is 165 Å². The van der Waals surface area contributed by atoms with Gasteiger partial charge in [0.25, 0.3) is 0 Å². The number of aliphatic hydroxyl groups excluding tert-OH is 1. The molecule has 0 saturated carbocycles. The molecule has 3 rings (SSSR count). The molecule has 0 spiro atoms. The lowest BCUT2D eigenvalue weighted by Gasteiger charge is -2.41. The molecule has 1 saturated heterocycles. The van der Waals surface area contributed by atoms with Crippen LogP contribution in [0.3, 0.4) is 0 Å². The first-order valence-electron chi connectivity index (χ1n) is 9.36. The van der Waals surface area contributed by atoms with Crippen LogP contribution in [0.25, 0.3) is 0 Å². The number of aryl methyl sites for hydroxylation is 1. The second kappa shape index (κ2) is 9.08. The van der Waals surface area contributed by atoms with Gasteiger partial charge in [-0.05, 0) is 30.2 Å². The summed E-state index contributed by atoms with van der Waals surface area (Å²) in [5.41, 5.74) is 2.94. The summed E-state index contributed by atoms with van der Waals surface area (Å²) >= 11 is 0. The van der Waals surface area contributed by atoms with Gasteiger partial charge >= 0.3 is 0 Å². The molecule has 2 aromatic rings. The number of nitrogens with zero attached hydrogens (tertiary/aromatic N) is 1. The third-order valence-electron chi connectivity index (χ3n) is 5.04. The van der Waals surface area contributed by atoms with E-state index in [0.717, 1.165) is 16.7 Å². The molecule has 0 bridgehead atoms. The number of benzene rings is 2. The number of amides is 1. The van der Waals surface area contributed by atoms with Crippen LogP contribution in [0.1, 0.15) is 22.7 Å². The van der Waals surface area contributed by atoms with Crippen LogP contribution in [-0.2, 0) is 16.0 Å². The average Bonchev–Trinajstić information content (AvgIpc) is 2.72. The molecule has 1 heterocycles. The highest BCUT2D eigenvalue weighted by Gasteiger charge is 2.36. The number of morpholine rings is 1. The van der Waals surface area contributed by atoms with Crippen LogP contribution in [0, 0.1) is 6.92 Å². The lowest BCUT2D eigenvalue weighted by atomic mass is 9.96. The summed E-state index contributed by atoms with van der Waals surface area (Å²) in [6, 6.07) is 13.1. The second-order valence-electron chi connectivity index (χ2n) is 6.90. The average molecular weight is 385 g/mol. The lowest BCUT2D eigenvalue weighted by Crippen LogP contribution is -2.49. The van der Waals surface area contributed by atoms with Crippen molar-refractivity contribution in [2.45, 2.75) is 25.5 Å². The van der Waals surface area contributed by atoms with E-state index in [1.54, 1.807) is 25.2 Å². The van der Waals surface area contributed by atoms with Crippen LogP contribution in [-0.4, -0.2) is 56.0 Å². The minimum Gasteiger partial charge on any atom is -0.493 e. The second-order valence-corrected chi connectivity index (χ2v) is 6.90. The van der Waals surface area contributed by atoms with Crippen molar-refractivity contribution in [3.63, 3.8) is 0 Å². The SMILES string of the molecule is COc1ccc(C2C(CO)OCCN2C(=O)Cc2cccc(C)c2)cc1OC. The molecule has 2 atom stereocenters. The van der Waals surface area contributed by atoms with Gasteiger partial charge in [0.15, 0.2) is 11.5 Å². The molecular formula is C22H27NO5. The molecular weight excluding hydrogens is 358 g/mol. The zero-order chi connectivity index (χ0) is 20.1. The maximum atomic E-state index is 13.1. The van der Waals surface area contributed by atoms with Crippen LogP contribution in [0.4, 0.5) is 0 Å². The number of carbonyl (C=O) groups excluding carboxylic acids is 1. The van der Waals surface area contributed by atoms with E-state index >= 15 is 0 Å². The highest BCUT2D eigenvalue weighted by molar-refractivity contribution is 5.79. The minimum absolute atomic E-state index is 0.00661. The quantitative estimate of drug-likeness (QED) is 0.828. The van der Waals surface area contributed by atoms with Gasteiger partial charge in [-0.2, -0.15) is 0 Å². The summed E-state index contributed by atoms with van der Waals surface area (Å²) in [4.78, 5) is 14.9. The Morgan fingerprint density at radius 1 is 1.18 bits per heavy atom. The third kappa shape index (κ3) is 4.29. The zero-order valence-corrected chi connectivity index (χ0v) is 16.6. The molecule has 0 radical (unpaired) electrons. The molecule has 1 fully saturated rings. The topological polar surface area (TPSA) is 68.2 Å². The van der Waals surface area contributed by atoms with Crippen molar-refractivity contribution in [1.82, 2.24) is 4.90 Å². The summed E-state index contributed by atoms with van der Waals surface area (Å²) in [5.74, 6) is 1.20. The van der Waals surface area contributed by atoms with Gasteiger partial charge in [-0.1, -0.05) is 35.9 Å². The molecule has 0 aliphatic carbocycles. The Bertz CT molecular complexity index is 822. The molecule has 0 aromatic heterocycles. The van der Waals surface area contributed by atoms with E-state index < -0.39 is 12.1 Å². The van der Waals surface area contributed by atoms with Crippen molar-refractivity contribution in [3.05, 3.63) is 59.2 Å². The lowest BCUT2D eigenvalue weighted by molar-refractivity contribution is -0.149. The number of hydrogen-bond acceptors (Lipinski definition) is 5. The van der Waals surface area contributed by atoms with Crippen LogP contribution in [0.5, 0.6) is 11.5 Å². The Morgan fingerprint density at radius 2 is 1.96 bits per heavy atom. The number of hydrogen-bond donors (Lipinski definition) is 1. The Hall–Kier alpha value is -2.57. The number of methoxy groups -OCH3 is 2. The number of carbonyl (C=O) groups is 1. The standard InChI is InChI=1S/C22H27NO5/c1-15-5-4-6-16(11-15)12-21(25)23-9-10-28-20(14-24)22(23)17-7-8-18(26-2)19(13-17)27-3/h4-8,11,13,20,22,24H,9-10,12,14H2,1-3H3. The van der Waals surface area contributed by atoms with Crippen LogP contribution >= 0.6 is 0 Å². The van der Waals surface area contributed by atoms with Gasteiger partial charge in [-0.15, -0.1) is 0 Å². The summed E-state index contributed by atoms with van der Waals surface area (Å²) in [7, 11) is 3.15. The van der Waals surface area contributed by atoms with Gasteiger partial charge in [0.1, 0.15) is 6.10 Å². The normalized spacial score (nSPS) is 19.4. The Morgan fingerprint density at radius 3 is 2.64 bits per heavy atom. The van der Waals surface area contributed by atoms with Crippen molar-refractivity contribution in [3.8, 4) is 11.5 Å². The zero-order valence-electron chi connectivity index (χ0n) is 16.6. The molecule has 6 heteroatoms. The fourth-order valence-electron chi connectivity index (χ4n) is 3.70. The van der Waals surface area contributed by atoms with E-state index in [1.165, 1.54) is 0 Å². The molecule has 1 N–H and O–H groups in total. The van der Waals surface area contributed by atoms with E-state index in [1.807, 2.05) is 43.3 Å². The van der Waals surface area contributed by atoms with Crippen molar-refractivity contribution in [2.24, 2.45) is 0 Å². The van der Waals surface area contributed by atoms with E-state index in [4.69, 9.17) is 14.2 Å². The monoisotopic (exact) mass is 385 g/mol. The molecule has 28 heavy (non-hydrogen) atoms.